The molecule has 0 unspecified atom stereocenters. The molecule has 0 saturated carbocycles. The van der Waals surface area contributed by atoms with Crippen molar-refractivity contribution in [3.63, 3.8) is 0 Å². The van der Waals surface area contributed by atoms with Crippen LogP contribution in [0.15, 0.2) is 18.2 Å². The van der Waals surface area contributed by atoms with E-state index in [1.54, 1.807) is 0 Å². The molecular weight excluding hydrogens is 450 g/mol. The van der Waals surface area contributed by atoms with Crippen LogP contribution in [0.1, 0.15) is 16.7 Å². The van der Waals surface area contributed by atoms with E-state index >= 15 is 0 Å². The Bertz CT molecular complexity index is 1070. The zero-order valence-corrected chi connectivity index (χ0v) is 17.4. The Hall–Kier alpha value is -2.44. The van der Waals surface area contributed by atoms with Crippen molar-refractivity contribution >= 4 is 27.4 Å². The number of rotatable bonds is 3. The van der Waals surface area contributed by atoms with Gasteiger partial charge < -0.3 is 0 Å². The van der Waals surface area contributed by atoms with Crippen LogP contribution in [-0.2, 0) is 0 Å². The third kappa shape index (κ3) is 3.72. The fourth-order valence-corrected chi connectivity index (χ4v) is 6.49. The molecule has 0 N–H and O–H groups in total. The van der Waals surface area contributed by atoms with Crippen molar-refractivity contribution in [1.82, 2.24) is 0 Å². The minimum Gasteiger partial charge on any atom is -0.208 e. The first kappa shape index (κ1) is 23.2. The van der Waals surface area contributed by atoms with Crippen molar-refractivity contribution in [3.8, 4) is 0 Å². The summed E-state index contributed by atoms with van der Waals surface area (Å²) < 4.78 is 127. The van der Waals surface area contributed by atoms with Crippen LogP contribution in [0.2, 0.25) is 0 Å². The van der Waals surface area contributed by atoms with Crippen molar-refractivity contribution in [3.05, 3.63) is 87.2 Å². The Kier molecular flexibility index (Phi) is 6.18. The molecule has 0 atom stereocenters. The molecule has 0 saturated heterocycles. The van der Waals surface area contributed by atoms with Gasteiger partial charge in [0.25, 0.3) is 0 Å². The maximum Gasteiger partial charge on any atom is 0.412 e. The van der Waals surface area contributed by atoms with Gasteiger partial charge in [-0.1, -0.05) is 0 Å². The lowest BCUT2D eigenvalue weighted by Crippen LogP contribution is -2.59. The standard InChI is InChI=1S/3C7H4F3.Al/c3*1-4-2-5(8)3-6(9)7(4)10;/h3*2H,1H3;. The van der Waals surface area contributed by atoms with E-state index in [9.17, 15) is 39.5 Å². The van der Waals surface area contributed by atoms with Crippen LogP contribution in [0.4, 0.5) is 39.5 Å². The molecule has 0 radical (unpaired) electrons. The highest BCUT2D eigenvalue weighted by Gasteiger charge is 2.42. The van der Waals surface area contributed by atoms with Gasteiger partial charge in [-0.2, -0.15) is 0 Å². The molecule has 0 heterocycles. The van der Waals surface area contributed by atoms with Crippen molar-refractivity contribution in [2.24, 2.45) is 0 Å². The van der Waals surface area contributed by atoms with Crippen LogP contribution >= 0.6 is 0 Å². The van der Waals surface area contributed by atoms with Crippen LogP contribution < -0.4 is 13.3 Å². The summed E-state index contributed by atoms with van der Waals surface area (Å²) in [5, 5.41) is 0. The molecule has 3 rings (SSSR count). The van der Waals surface area contributed by atoms with Gasteiger partial charge in [-0.25, -0.2) is 39.5 Å². The normalized spacial score (nSPS) is 11.2. The van der Waals surface area contributed by atoms with Crippen molar-refractivity contribution in [1.29, 1.82) is 0 Å². The number of hydrogen-bond acceptors (Lipinski definition) is 0. The van der Waals surface area contributed by atoms with E-state index in [0.717, 1.165) is 20.8 Å². The van der Waals surface area contributed by atoms with Gasteiger partial charge in [0.2, 0.25) is 0 Å². The largest absolute Gasteiger partial charge is 0.412 e. The van der Waals surface area contributed by atoms with E-state index in [0.29, 0.717) is 18.2 Å². The number of hydrogen-bond donors (Lipinski definition) is 0. The molecule has 0 aromatic heterocycles. The van der Waals surface area contributed by atoms with Crippen molar-refractivity contribution in [2.75, 3.05) is 0 Å². The highest BCUT2D eigenvalue weighted by Crippen LogP contribution is 2.19. The van der Waals surface area contributed by atoms with Crippen LogP contribution in [0.25, 0.3) is 0 Å². The van der Waals surface area contributed by atoms with Gasteiger partial charge in [0, 0.05) is 0 Å². The summed E-state index contributed by atoms with van der Waals surface area (Å²) in [6.07, 6.45) is 0. The monoisotopic (exact) mass is 462 g/mol. The van der Waals surface area contributed by atoms with Crippen molar-refractivity contribution < 1.29 is 39.5 Å². The molecule has 0 aliphatic heterocycles. The van der Waals surface area contributed by atoms with Crippen LogP contribution in [0.3, 0.4) is 0 Å². The summed E-state index contributed by atoms with van der Waals surface area (Å²) in [5.74, 6) is -15.4. The van der Waals surface area contributed by atoms with E-state index in [1.165, 1.54) is 0 Å². The molecule has 0 aliphatic rings. The lowest BCUT2D eigenvalue weighted by molar-refractivity contribution is 0.491. The van der Waals surface area contributed by atoms with Crippen LogP contribution in [-0.4, -0.2) is 14.1 Å². The maximum atomic E-state index is 14.8. The summed E-state index contributed by atoms with van der Waals surface area (Å²) in [7, 11) is 0. The third-order valence-corrected chi connectivity index (χ3v) is 8.31. The first-order chi connectivity index (χ1) is 14.4. The fourth-order valence-electron chi connectivity index (χ4n) is 3.41. The van der Waals surface area contributed by atoms with E-state index in [1.807, 2.05) is 0 Å². The number of aryl methyl sites for hydroxylation is 3. The average molecular weight is 462 g/mol. The van der Waals surface area contributed by atoms with Crippen LogP contribution in [0, 0.1) is 73.1 Å². The first-order valence-electron chi connectivity index (χ1n) is 8.80. The Labute approximate surface area is 175 Å². The Morgan fingerprint density at radius 3 is 0.871 bits per heavy atom. The average Bonchev–Trinajstić information content (AvgIpc) is 2.68. The lowest BCUT2D eigenvalue weighted by Gasteiger charge is -2.20. The number of benzene rings is 3. The lowest BCUT2D eigenvalue weighted by atomic mass is 10.2. The summed E-state index contributed by atoms with van der Waals surface area (Å²) in [6, 6.07) is 1.40. The van der Waals surface area contributed by atoms with Gasteiger partial charge in [-0.3, -0.25) is 0 Å². The predicted molar refractivity (Wildman–Crippen MR) is 97.8 cm³/mol. The summed E-state index contributed by atoms with van der Waals surface area (Å²) in [6.45, 7) is 2.96. The van der Waals surface area contributed by atoms with Gasteiger partial charge in [0.05, 0.1) is 0 Å². The molecule has 0 fully saturated rings. The Morgan fingerprint density at radius 2 is 0.645 bits per heavy atom. The van der Waals surface area contributed by atoms with Gasteiger partial charge >= 0.3 is 14.1 Å². The van der Waals surface area contributed by atoms with Gasteiger partial charge in [-0.05, 0) is 68.9 Å². The zero-order valence-electron chi connectivity index (χ0n) is 16.2. The van der Waals surface area contributed by atoms with E-state index < -0.39 is 96.5 Å². The minimum absolute atomic E-state index is 0.467. The van der Waals surface area contributed by atoms with Gasteiger partial charge in [0.15, 0.2) is 17.5 Å². The highest BCUT2D eigenvalue weighted by molar-refractivity contribution is 6.95. The van der Waals surface area contributed by atoms with E-state index in [-0.39, 0.29) is 0 Å². The SMILES string of the molecule is Cc1cc(F)[c]([Al]([c]2c(F)cc(C)c(F)c2F)[c]2c(F)cc(C)c(F)c2F)c(F)c1F. The molecule has 31 heavy (non-hydrogen) atoms. The summed E-state index contributed by atoms with van der Waals surface area (Å²) in [4.78, 5) is 0. The smallest absolute Gasteiger partial charge is 0.208 e. The van der Waals surface area contributed by atoms with Crippen LogP contribution in [0.5, 0.6) is 0 Å². The molecule has 0 bridgehead atoms. The summed E-state index contributed by atoms with van der Waals surface area (Å²) >= 11 is -4.66. The highest BCUT2D eigenvalue weighted by atomic mass is 27.2. The molecule has 0 aliphatic carbocycles. The number of halogens is 9. The Balaban J connectivity index is 2.56. The molecule has 10 heteroatoms. The zero-order chi connectivity index (χ0) is 23.4. The first-order valence-corrected chi connectivity index (χ1v) is 10.5. The van der Waals surface area contributed by atoms with E-state index in [2.05, 4.69) is 0 Å². The van der Waals surface area contributed by atoms with Gasteiger partial charge in [-0.15, -0.1) is 0 Å². The molecule has 0 spiro atoms. The fraction of sp³-hybridized carbons (Fsp3) is 0.143. The molecule has 3 aromatic rings. The molecule has 3 aromatic carbocycles. The van der Waals surface area contributed by atoms with Gasteiger partial charge in [0.1, 0.15) is 34.9 Å². The minimum atomic E-state index is -4.66. The summed E-state index contributed by atoms with van der Waals surface area (Å²) in [5.41, 5.74) is -1.59. The quantitative estimate of drug-likeness (QED) is 0.308. The second-order valence-corrected chi connectivity index (χ2v) is 9.68. The third-order valence-electron chi connectivity index (χ3n) is 4.99. The second-order valence-electron chi connectivity index (χ2n) is 7.08. The molecular formula is C21H12AlF9. The molecule has 0 nitrogen and oxygen atoms in total. The molecule has 162 valence electrons. The Morgan fingerprint density at radius 1 is 0.419 bits per heavy atom. The maximum absolute atomic E-state index is 14.8. The molecule has 0 amide bonds. The topological polar surface area (TPSA) is 0 Å². The van der Waals surface area contributed by atoms with Crippen molar-refractivity contribution in [2.45, 2.75) is 20.8 Å². The van der Waals surface area contributed by atoms with E-state index in [4.69, 9.17) is 0 Å². The predicted octanol–water partition coefficient (Wildman–Crippen LogP) is 4.38. The second kappa shape index (κ2) is 8.25.